The van der Waals surface area contributed by atoms with Crippen molar-refractivity contribution in [3.05, 3.63) is 0 Å². The first-order chi connectivity index (χ1) is 7.63. The van der Waals surface area contributed by atoms with E-state index in [0.29, 0.717) is 19.2 Å². The number of ether oxygens (including phenoxy) is 1. The van der Waals surface area contributed by atoms with E-state index >= 15 is 0 Å². The molecular formula is C13H25NO2. The Hall–Kier alpha value is -0.570. The zero-order valence-corrected chi connectivity index (χ0v) is 10.8. The molecule has 0 aromatic carbocycles. The van der Waals surface area contributed by atoms with E-state index in [0.717, 1.165) is 11.8 Å². The van der Waals surface area contributed by atoms with Crippen LogP contribution in [0.5, 0.6) is 0 Å². The van der Waals surface area contributed by atoms with E-state index in [4.69, 9.17) is 4.74 Å². The average Bonchev–Trinajstić information content (AvgIpc) is 2.27. The van der Waals surface area contributed by atoms with Gasteiger partial charge in [-0.15, -0.1) is 0 Å². The Labute approximate surface area is 98.9 Å². The van der Waals surface area contributed by atoms with E-state index in [2.05, 4.69) is 19.2 Å². The van der Waals surface area contributed by atoms with Crippen LogP contribution in [0.4, 0.5) is 0 Å². The molecule has 0 atom stereocenters. The standard InChI is InChI=1S/C13H25NO2/c1-4-16-13(15)9-14-12-7-5-11(6-8-12)10(2)3/h10-12,14H,4-9H2,1-3H3. The largest absolute Gasteiger partial charge is 0.465 e. The van der Waals surface area contributed by atoms with Crippen molar-refractivity contribution in [3.63, 3.8) is 0 Å². The lowest BCUT2D eigenvalue weighted by molar-refractivity contribution is -0.142. The number of nitrogens with one attached hydrogen (secondary N) is 1. The van der Waals surface area contributed by atoms with Crippen molar-refractivity contribution in [2.45, 2.75) is 52.5 Å². The van der Waals surface area contributed by atoms with Gasteiger partial charge in [0.25, 0.3) is 0 Å². The lowest BCUT2D eigenvalue weighted by Crippen LogP contribution is -2.37. The molecule has 0 aromatic rings. The molecule has 1 rings (SSSR count). The molecule has 0 amide bonds. The van der Waals surface area contributed by atoms with E-state index in [1.807, 2.05) is 6.92 Å². The summed E-state index contributed by atoms with van der Waals surface area (Å²) in [5, 5.41) is 3.29. The Bertz CT molecular complexity index is 208. The molecule has 0 saturated heterocycles. The van der Waals surface area contributed by atoms with E-state index in [1.165, 1.54) is 25.7 Å². The summed E-state index contributed by atoms with van der Waals surface area (Å²) in [6.07, 6.45) is 4.97. The highest BCUT2D eigenvalue weighted by Crippen LogP contribution is 2.29. The third-order valence-electron chi connectivity index (χ3n) is 3.56. The molecule has 16 heavy (non-hydrogen) atoms. The molecule has 94 valence electrons. The van der Waals surface area contributed by atoms with Gasteiger partial charge >= 0.3 is 5.97 Å². The van der Waals surface area contributed by atoms with Crippen molar-refractivity contribution in [1.29, 1.82) is 0 Å². The van der Waals surface area contributed by atoms with Crippen LogP contribution in [-0.4, -0.2) is 25.2 Å². The molecule has 0 spiro atoms. The number of rotatable bonds is 5. The monoisotopic (exact) mass is 227 g/mol. The number of hydrogen-bond acceptors (Lipinski definition) is 3. The van der Waals surface area contributed by atoms with Crippen LogP contribution in [0.25, 0.3) is 0 Å². The minimum absolute atomic E-state index is 0.131. The highest BCUT2D eigenvalue weighted by molar-refractivity contribution is 5.71. The van der Waals surface area contributed by atoms with E-state index in [1.54, 1.807) is 0 Å². The van der Waals surface area contributed by atoms with Gasteiger partial charge in [-0.2, -0.15) is 0 Å². The van der Waals surface area contributed by atoms with Crippen LogP contribution in [0.2, 0.25) is 0 Å². The third kappa shape index (κ3) is 4.52. The summed E-state index contributed by atoms with van der Waals surface area (Å²) in [7, 11) is 0. The first-order valence-corrected chi connectivity index (χ1v) is 6.52. The lowest BCUT2D eigenvalue weighted by atomic mass is 9.80. The number of carbonyl (C=O) groups is 1. The second kappa shape index (κ2) is 6.89. The summed E-state index contributed by atoms with van der Waals surface area (Å²) < 4.78 is 4.89. The maximum atomic E-state index is 11.2. The predicted molar refractivity (Wildman–Crippen MR) is 65.2 cm³/mol. The van der Waals surface area contributed by atoms with Crippen molar-refractivity contribution < 1.29 is 9.53 Å². The smallest absolute Gasteiger partial charge is 0.319 e. The Morgan fingerprint density at radius 1 is 1.31 bits per heavy atom. The SMILES string of the molecule is CCOC(=O)CNC1CCC(C(C)C)CC1. The Morgan fingerprint density at radius 3 is 2.44 bits per heavy atom. The van der Waals surface area contributed by atoms with E-state index in [9.17, 15) is 4.79 Å². The van der Waals surface area contributed by atoms with Crippen molar-refractivity contribution in [2.24, 2.45) is 11.8 Å². The van der Waals surface area contributed by atoms with Crippen molar-refractivity contribution >= 4 is 5.97 Å². The van der Waals surface area contributed by atoms with Crippen LogP contribution >= 0.6 is 0 Å². The molecule has 0 bridgehead atoms. The second-order valence-electron chi connectivity index (χ2n) is 5.04. The van der Waals surface area contributed by atoms with Crippen molar-refractivity contribution in [1.82, 2.24) is 5.32 Å². The normalized spacial score (nSPS) is 25.8. The van der Waals surface area contributed by atoms with Gasteiger partial charge in [-0.3, -0.25) is 4.79 Å². The zero-order valence-electron chi connectivity index (χ0n) is 10.8. The van der Waals surface area contributed by atoms with Crippen LogP contribution < -0.4 is 5.32 Å². The molecule has 1 aliphatic carbocycles. The fourth-order valence-electron chi connectivity index (χ4n) is 2.43. The molecule has 3 nitrogen and oxygen atoms in total. The van der Waals surface area contributed by atoms with Gasteiger partial charge in [0, 0.05) is 6.04 Å². The van der Waals surface area contributed by atoms with Crippen LogP contribution in [0.15, 0.2) is 0 Å². The number of esters is 1. The summed E-state index contributed by atoms with van der Waals surface area (Å²) in [4.78, 5) is 11.2. The minimum atomic E-state index is -0.131. The second-order valence-corrected chi connectivity index (χ2v) is 5.04. The van der Waals surface area contributed by atoms with Crippen molar-refractivity contribution in [3.8, 4) is 0 Å². The van der Waals surface area contributed by atoms with Gasteiger partial charge in [0.15, 0.2) is 0 Å². The third-order valence-corrected chi connectivity index (χ3v) is 3.56. The maximum Gasteiger partial charge on any atom is 0.319 e. The summed E-state index contributed by atoms with van der Waals surface area (Å²) in [5.41, 5.74) is 0. The van der Waals surface area contributed by atoms with Crippen LogP contribution in [-0.2, 0) is 9.53 Å². The van der Waals surface area contributed by atoms with Gasteiger partial charge in [-0.05, 0) is 44.4 Å². The summed E-state index contributed by atoms with van der Waals surface area (Å²) in [5.74, 6) is 1.54. The summed E-state index contributed by atoms with van der Waals surface area (Å²) in [6.45, 7) is 7.28. The van der Waals surface area contributed by atoms with Gasteiger partial charge in [0.05, 0.1) is 13.2 Å². The van der Waals surface area contributed by atoms with E-state index < -0.39 is 0 Å². The molecule has 0 heterocycles. The van der Waals surface area contributed by atoms with Crippen molar-refractivity contribution in [2.75, 3.05) is 13.2 Å². The van der Waals surface area contributed by atoms with Crippen LogP contribution in [0.1, 0.15) is 46.5 Å². The van der Waals surface area contributed by atoms with Gasteiger partial charge in [-0.25, -0.2) is 0 Å². The molecule has 1 fully saturated rings. The summed E-state index contributed by atoms with van der Waals surface area (Å²) in [6, 6.07) is 0.513. The van der Waals surface area contributed by atoms with Crippen LogP contribution in [0.3, 0.4) is 0 Å². The van der Waals surface area contributed by atoms with Gasteiger partial charge < -0.3 is 10.1 Å². The van der Waals surface area contributed by atoms with Crippen LogP contribution in [0, 0.1) is 11.8 Å². The first kappa shape index (κ1) is 13.5. The van der Waals surface area contributed by atoms with Gasteiger partial charge in [0.2, 0.25) is 0 Å². The highest BCUT2D eigenvalue weighted by atomic mass is 16.5. The molecule has 0 aromatic heterocycles. The highest BCUT2D eigenvalue weighted by Gasteiger charge is 2.23. The Balaban J connectivity index is 2.15. The lowest BCUT2D eigenvalue weighted by Gasteiger charge is -2.31. The molecule has 1 aliphatic rings. The summed E-state index contributed by atoms with van der Waals surface area (Å²) >= 11 is 0. The first-order valence-electron chi connectivity index (χ1n) is 6.52. The quantitative estimate of drug-likeness (QED) is 0.733. The van der Waals surface area contributed by atoms with Gasteiger partial charge in [-0.1, -0.05) is 13.8 Å². The Morgan fingerprint density at radius 2 is 1.94 bits per heavy atom. The molecule has 3 heteroatoms. The molecule has 0 unspecified atom stereocenters. The fraction of sp³-hybridized carbons (Fsp3) is 0.923. The number of carbonyl (C=O) groups excluding carboxylic acids is 1. The zero-order chi connectivity index (χ0) is 12.0. The molecule has 1 saturated carbocycles. The predicted octanol–water partition coefficient (Wildman–Crippen LogP) is 2.35. The topological polar surface area (TPSA) is 38.3 Å². The molecule has 0 radical (unpaired) electrons. The molecule has 1 N–H and O–H groups in total. The van der Waals surface area contributed by atoms with E-state index in [-0.39, 0.29) is 5.97 Å². The molecule has 0 aliphatic heterocycles. The minimum Gasteiger partial charge on any atom is -0.465 e. The molecular weight excluding hydrogens is 202 g/mol. The fourth-order valence-corrected chi connectivity index (χ4v) is 2.43. The number of hydrogen-bond donors (Lipinski definition) is 1. The maximum absolute atomic E-state index is 11.2. The average molecular weight is 227 g/mol. The Kier molecular flexibility index (Phi) is 5.81. The van der Waals surface area contributed by atoms with Gasteiger partial charge in [0.1, 0.15) is 0 Å².